The average molecular weight is 260 g/mol. The van der Waals surface area contributed by atoms with E-state index in [1.54, 1.807) is 24.3 Å². The summed E-state index contributed by atoms with van der Waals surface area (Å²) in [6, 6.07) is 6.90. The van der Waals surface area contributed by atoms with E-state index in [0.29, 0.717) is 17.8 Å². The van der Waals surface area contributed by atoms with E-state index < -0.39 is 11.9 Å². The van der Waals surface area contributed by atoms with E-state index in [2.05, 4.69) is 15.3 Å². The summed E-state index contributed by atoms with van der Waals surface area (Å²) in [5.74, 6) is -1.47. The molecule has 0 bridgehead atoms. The number of rotatable bonds is 4. The molecule has 100 valence electrons. The van der Waals surface area contributed by atoms with Crippen LogP contribution in [0.25, 0.3) is 10.4 Å². The lowest BCUT2D eigenvalue weighted by molar-refractivity contribution is -0.140. The van der Waals surface area contributed by atoms with Gasteiger partial charge in [0.1, 0.15) is 0 Å². The van der Waals surface area contributed by atoms with Crippen LogP contribution in [0.4, 0.5) is 5.69 Å². The van der Waals surface area contributed by atoms with Gasteiger partial charge in [0, 0.05) is 10.6 Å². The number of carbonyl (C=O) groups is 1. The Morgan fingerprint density at radius 2 is 2.32 bits per heavy atom. The number of hydrogen-bond donors (Lipinski definition) is 2. The molecule has 1 aliphatic heterocycles. The lowest BCUT2D eigenvalue weighted by atomic mass is 9.81. The minimum absolute atomic E-state index is 0.0290. The molecule has 1 fully saturated rings. The molecule has 6 heteroatoms. The van der Waals surface area contributed by atoms with Gasteiger partial charge in [0.15, 0.2) is 0 Å². The average Bonchev–Trinajstić information content (AvgIpc) is 2.42. The second-order valence-corrected chi connectivity index (χ2v) is 4.67. The van der Waals surface area contributed by atoms with Crippen molar-refractivity contribution in [2.75, 3.05) is 13.1 Å². The van der Waals surface area contributed by atoms with Crippen LogP contribution in [0, 0.1) is 5.92 Å². The number of azide groups is 1. The maximum absolute atomic E-state index is 11.6. The van der Waals surface area contributed by atoms with Crippen LogP contribution in [0.2, 0.25) is 0 Å². The summed E-state index contributed by atoms with van der Waals surface area (Å²) in [4.78, 5) is 14.4. The van der Waals surface area contributed by atoms with Gasteiger partial charge in [-0.3, -0.25) is 4.79 Å². The van der Waals surface area contributed by atoms with Crippen molar-refractivity contribution in [2.45, 2.75) is 18.8 Å². The maximum atomic E-state index is 11.6. The van der Waals surface area contributed by atoms with Crippen molar-refractivity contribution in [1.29, 1.82) is 0 Å². The number of benzene rings is 1. The van der Waals surface area contributed by atoms with Gasteiger partial charge in [-0.1, -0.05) is 29.4 Å². The monoisotopic (exact) mass is 260 g/mol. The van der Waals surface area contributed by atoms with Gasteiger partial charge in [-0.2, -0.15) is 0 Å². The molecule has 2 rings (SSSR count). The quantitative estimate of drug-likeness (QED) is 0.494. The molecule has 2 unspecified atom stereocenters. The molecule has 0 aromatic heterocycles. The number of piperidine rings is 1. The zero-order valence-electron chi connectivity index (χ0n) is 10.5. The molecule has 1 heterocycles. The van der Waals surface area contributed by atoms with Crippen LogP contribution in [0.15, 0.2) is 29.4 Å². The van der Waals surface area contributed by atoms with Crippen molar-refractivity contribution in [3.8, 4) is 0 Å². The van der Waals surface area contributed by atoms with E-state index in [9.17, 15) is 9.90 Å². The normalized spacial score (nSPS) is 20.3. The molecule has 1 aromatic carbocycles. The first-order valence-corrected chi connectivity index (χ1v) is 6.31. The number of hydrogen-bond acceptors (Lipinski definition) is 3. The van der Waals surface area contributed by atoms with Crippen LogP contribution >= 0.6 is 0 Å². The van der Waals surface area contributed by atoms with Gasteiger partial charge in [-0.15, -0.1) is 0 Å². The highest BCUT2D eigenvalue weighted by Gasteiger charge is 2.32. The van der Waals surface area contributed by atoms with Crippen molar-refractivity contribution in [3.63, 3.8) is 0 Å². The molecule has 0 aliphatic carbocycles. The summed E-state index contributed by atoms with van der Waals surface area (Å²) in [6.07, 6.45) is 1.84. The lowest BCUT2D eigenvalue weighted by Gasteiger charge is -2.29. The van der Waals surface area contributed by atoms with Gasteiger partial charge in [0.25, 0.3) is 0 Å². The standard InChI is InChI=1S/C13H16N4O2/c14-17-16-11-6-2-1-5-10(11)12(13(18)19)9-4-3-7-15-8-9/h1-2,5-6,9,12,15H,3-4,7-8H2,(H,18,19). The van der Waals surface area contributed by atoms with Gasteiger partial charge in [0.2, 0.25) is 0 Å². The fourth-order valence-corrected chi connectivity index (χ4v) is 2.64. The summed E-state index contributed by atoms with van der Waals surface area (Å²) < 4.78 is 0. The molecule has 1 aromatic rings. The Morgan fingerprint density at radius 1 is 1.53 bits per heavy atom. The third kappa shape index (κ3) is 3.05. The number of nitrogens with one attached hydrogen (secondary N) is 1. The first-order chi connectivity index (χ1) is 9.24. The molecule has 2 N–H and O–H groups in total. The van der Waals surface area contributed by atoms with Crippen molar-refractivity contribution >= 4 is 11.7 Å². The highest BCUT2D eigenvalue weighted by atomic mass is 16.4. The Balaban J connectivity index is 2.38. The molecule has 0 saturated carbocycles. The second kappa shape index (κ2) is 6.22. The van der Waals surface area contributed by atoms with E-state index in [-0.39, 0.29) is 5.92 Å². The third-order valence-electron chi connectivity index (χ3n) is 3.50. The SMILES string of the molecule is [N-]=[N+]=Nc1ccccc1C(C(=O)O)C1CCCNC1. The lowest BCUT2D eigenvalue weighted by Crippen LogP contribution is -2.36. The zero-order chi connectivity index (χ0) is 13.7. The van der Waals surface area contributed by atoms with Gasteiger partial charge < -0.3 is 10.4 Å². The Bertz CT molecular complexity index is 505. The van der Waals surface area contributed by atoms with Gasteiger partial charge in [0.05, 0.1) is 5.92 Å². The molecular formula is C13H16N4O2. The van der Waals surface area contributed by atoms with Crippen LogP contribution in [-0.2, 0) is 4.79 Å². The molecule has 0 spiro atoms. The fraction of sp³-hybridized carbons (Fsp3) is 0.462. The highest BCUT2D eigenvalue weighted by Crippen LogP contribution is 2.35. The highest BCUT2D eigenvalue weighted by molar-refractivity contribution is 5.79. The third-order valence-corrected chi connectivity index (χ3v) is 3.50. The molecule has 1 saturated heterocycles. The van der Waals surface area contributed by atoms with Crippen LogP contribution in [0.5, 0.6) is 0 Å². The summed E-state index contributed by atoms with van der Waals surface area (Å²) in [6.45, 7) is 1.61. The van der Waals surface area contributed by atoms with Crippen LogP contribution in [0.3, 0.4) is 0 Å². The number of carboxylic acids is 1. The minimum Gasteiger partial charge on any atom is -0.481 e. The number of nitrogens with zero attached hydrogens (tertiary/aromatic N) is 3. The maximum Gasteiger partial charge on any atom is 0.311 e. The van der Waals surface area contributed by atoms with E-state index in [4.69, 9.17) is 5.53 Å². The molecule has 19 heavy (non-hydrogen) atoms. The molecule has 2 atom stereocenters. The van der Waals surface area contributed by atoms with E-state index in [0.717, 1.165) is 19.4 Å². The Kier molecular flexibility index (Phi) is 4.39. The Hall–Kier alpha value is -2.04. The van der Waals surface area contributed by atoms with E-state index >= 15 is 0 Å². The van der Waals surface area contributed by atoms with Crippen molar-refractivity contribution < 1.29 is 9.90 Å². The van der Waals surface area contributed by atoms with Crippen LogP contribution in [-0.4, -0.2) is 24.2 Å². The van der Waals surface area contributed by atoms with Gasteiger partial charge in [-0.25, -0.2) is 0 Å². The van der Waals surface area contributed by atoms with Gasteiger partial charge >= 0.3 is 5.97 Å². The summed E-state index contributed by atoms with van der Waals surface area (Å²) in [7, 11) is 0. The predicted octanol–water partition coefficient (Wildman–Crippen LogP) is 2.80. The number of carboxylic acid groups (broad SMARTS) is 1. The smallest absolute Gasteiger partial charge is 0.311 e. The van der Waals surface area contributed by atoms with E-state index in [1.807, 2.05) is 0 Å². The van der Waals surface area contributed by atoms with E-state index in [1.165, 1.54) is 0 Å². The fourth-order valence-electron chi connectivity index (χ4n) is 2.64. The minimum atomic E-state index is -0.866. The molecule has 1 aliphatic rings. The molecule has 0 amide bonds. The van der Waals surface area contributed by atoms with Gasteiger partial charge in [-0.05, 0) is 42.9 Å². The second-order valence-electron chi connectivity index (χ2n) is 4.67. The molecular weight excluding hydrogens is 244 g/mol. The molecule has 6 nitrogen and oxygen atoms in total. The first-order valence-electron chi connectivity index (χ1n) is 6.31. The number of aliphatic carboxylic acids is 1. The summed E-state index contributed by atoms with van der Waals surface area (Å²) in [5.41, 5.74) is 9.58. The Labute approximate surface area is 111 Å². The van der Waals surface area contributed by atoms with Crippen LogP contribution < -0.4 is 5.32 Å². The summed E-state index contributed by atoms with van der Waals surface area (Å²) in [5, 5.41) is 16.3. The zero-order valence-corrected chi connectivity index (χ0v) is 10.5. The van der Waals surface area contributed by atoms with Crippen molar-refractivity contribution in [2.24, 2.45) is 11.0 Å². The van der Waals surface area contributed by atoms with Crippen LogP contribution in [0.1, 0.15) is 24.3 Å². The predicted molar refractivity (Wildman–Crippen MR) is 71.2 cm³/mol. The van der Waals surface area contributed by atoms with Crippen molar-refractivity contribution in [3.05, 3.63) is 40.3 Å². The van der Waals surface area contributed by atoms with Crippen molar-refractivity contribution in [1.82, 2.24) is 5.32 Å². The first kappa shape index (κ1) is 13.4. The Morgan fingerprint density at radius 3 is 2.95 bits per heavy atom. The topological polar surface area (TPSA) is 98.1 Å². The molecule has 0 radical (unpaired) electrons. The summed E-state index contributed by atoms with van der Waals surface area (Å²) >= 11 is 0. The largest absolute Gasteiger partial charge is 0.481 e.